The van der Waals surface area contributed by atoms with Crippen molar-refractivity contribution in [1.29, 1.82) is 0 Å². The Morgan fingerprint density at radius 3 is 2.63 bits per heavy atom. The number of nitrogens with one attached hydrogen (secondary N) is 1. The summed E-state index contributed by atoms with van der Waals surface area (Å²) in [4.78, 5) is 23.7. The number of fused-ring (bicyclic) bond motifs is 1. The average molecular weight is 371 g/mol. The van der Waals surface area contributed by atoms with Crippen molar-refractivity contribution >= 4 is 11.9 Å². The van der Waals surface area contributed by atoms with Gasteiger partial charge in [-0.25, -0.2) is 0 Å². The van der Waals surface area contributed by atoms with E-state index in [2.05, 4.69) is 15.5 Å². The minimum Gasteiger partial charge on any atom is -0.481 e. The van der Waals surface area contributed by atoms with Crippen molar-refractivity contribution in [3.8, 4) is 0 Å². The summed E-state index contributed by atoms with van der Waals surface area (Å²) < 4.78 is 2.03. The molecule has 3 heterocycles. The second-order valence-electron chi connectivity index (χ2n) is 6.87. The highest BCUT2D eigenvalue weighted by Gasteiger charge is 2.35. The molecule has 0 saturated carbocycles. The van der Waals surface area contributed by atoms with Crippen LogP contribution in [0.25, 0.3) is 0 Å². The van der Waals surface area contributed by atoms with Crippen molar-refractivity contribution < 1.29 is 14.7 Å². The number of carbonyl (C=O) groups excluding carboxylic acids is 1. The summed E-state index contributed by atoms with van der Waals surface area (Å²) in [5.74, 6) is 1.11. The van der Waals surface area contributed by atoms with Gasteiger partial charge in [-0.15, -0.1) is 10.2 Å². The van der Waals surface area contributed by atoms with Gasteiger partial charge in [-0.05, 0) is 31.9 Å². The lowest BCUT2D eigenvalue weighted by Crippen LogP contribution is -2.42. The van der Waals surface area contributed by atoms with Crippen molar-refractivity contribution in [1.82, 2.24) is 25.0 Å². The van der Waals surface area contributed by atoms with Crippen molar-refractivity contribution in [3.05, 3.63) is 47.5 Å². The van der Waals surface area contributed by atoms with Gasteiger partial charge in [0.15, 0.2) is 11.6 Å². The molecule has 1 unspecified atom stereocenters. The third kappa shape index (κ3) is 4.33. The highest BCUT2D eigenvalue weighted by Crippen LogP contribution is 2.29. The largest absolute Gasteiger partial charge is 0.481 e. The Labute approximate surface area is 158 Å². The van der Waals surface area contributed by atoms with E-state index in [4.69, 9.17) is 9.90 Å². The van der Waals surface area contributed by atoms with Crippen molar-refractivity contribution in [2.75, 3.05) is 6.54 Å². The SMILES string of the molecule is CC(=O)O.C[C@@H]1C(=O)N(Cc2ccccc2)Cc2nnc(C3CCCN3)n21. The molecule has 2 aliphatic heterocycles. The van der Waals surface area contributed by atoms with Crippen LogP contribution < -0.4 is 5.32 Å². The van der Waals surface area contributed by atoms with E-state index in [-0.39, 0.29) is 18.0 Å². The number of aromatic nitrogens is 3. The van der Waals surface area contributed by atoms with E-state index in [1.54, 1.807) is 0 Å². The predicted octanol–water partition coefficient (Wildman–Crippen LogP) is 1.90. The number of rotatable bonds is 3. The number of nitrogens with zero attached hydrogens (tertiary/aromatic N) is 4. The van der Waals surface area contributed by atoms with E-state index in [1.807, 2.05) is 46.7 Å². The molecule has 4 rings (SSSR count). The van der Waals surface area contributed by atoms with Gasteiger partial charge in [-0.3, -0.25) is 14.2 Å². The summed E-state index contributed by atoms with van der Waals surface area (Å²) in [6.07, 6.45) is 2.21. The molecule has 144 valence electrons. The number of carbonyl (C=O) groups is 2. The molecule has 8 heteroatoms. The lowest BCUT2D eigenvalue weighted by Gasteiger charge is -2.32. The molecule has 1 fully saturated rings. The molecule has 1 amide bonds. The third-order valence-corrected chi connectivity index (χ3v) is 4.77. The van der Waals surface area contributed by atoms with Gasteiger partial charge in [0.05, 0.1) is 12.6 Å². The standard InChI is InChI=1S/C17H21N5O.C2H4O2/c1-12-17(23)21(10-13-6-3-2-4-7-13)11-15-19-20-16(22(12)15)14-8-5-9-18-14;1-2(3)4/h2-4,6-7,12,14,18H,5,8-11H2,1H3;1H3,(H,3,4)/t12-,14?;/m1./s1. The van der Waals surface area contributed by atoms with Crippen molar-refractivity contribution in [3.63, 3.8) is 0 Å². The minimum absolute atomic E-state index is 0.139. The van der Waals surface area contributed by atoms with Crippen LogP contribution in [0, 0.1) is 0 Å². The minimum atomic E-state index is -0.833. The molecule has 2 N–H and O–H groups in total. The summed E-state index contributed by atoms with van der Waals surface area (Å²) in [7, 11) is 0. The predicted molar refractivity (Wildman–Crippen MR) is 98.7 cm³/mol. The van der Waals surface area contributed by atoms with E-state index in [1.165, 1.54) is 0 Å². The average Bonchev–Trinajstić information content (AvgIpc) is 3.29. The molecule has 27 heavy (non-hydrogen) atoms. The number of carboxylic acids is 1. The highest BCUT2D eigenvalue weighted by atomic mass is 16.4. The molecule has 2 aromatic rings. The Morgan fingerprint density at radius 2 is 2.00 bits per heavy atom. The molecule has 0 bridgehead atoms. The first-order valence-corrected chi connectivity index (χ1v) is 9.16. The third-order valence-electron chi connectivity index (χ3n) is 4.77. The van der Waals surface area contributed by atoms with Gasteiger partial charge in [0, 0.05) is 13.5 Å². The first-order chi connectivity index (χ1) is 13.0. The van der Waals surface area contributed by atoms with Gasteiger partial charge in [-0.1, -0.05) is 30.3 Å². The van der Waals surface area contributed by atoms with Crippen LogP contribution in [0.3, 0.4) is 0 Å². The maximum absolute atomic E-state index is 12.8. The lowest BCUT2D eigenvalue weighted by atomic mass is 10.1. The van der Waals surface area contributed by atoms with Crippen LogP contribution in [0.15, 0.2) is 30.3 Å². The molecule has 0 spiro atoms. The topological polar surface area (TPSA) is 100 Å². The second-order valence-corrected chi connectivity index (χ2v) is 6.87. The van der Waals surface area contributed by atoms with E-state index in [9.17, 15) is 4.79 Å². The van der Waals surface area contributed by atoms with Crippen LogP contribution in [-0.2, 0) is 22.7 Å². The zero-order valence-corrected chi connectivity index (χ0v) is 15.6. The number of benzene rings is 1. The number of hydrogen-bond acceptors (Lipinski definition) is 5. The first kappa shape index (κ1) is 19.0. The summed E-state index contributed by atoms with van der Waals surface area (Å²) in [6.45, 7) is 5.19. The zero-order chi connectivity index (χ0) is 19.4. The molecule has 1 saturated heterocycles. The Morgan fingerprint density at radius 1 is 1.30 bits per heavy atom. The number of carboxylic acid groups (broad SMARTS) is 1. The van der Waals surface area contributed by atoms with E-state index in [0.29, 0.717) is 13.1 Å². The Kier molecular flexibility index (Phi) is 5.85. The Hall–Kier alpha value is -2.74. The number of amides is 1. The molecule has 0 aliphatic carbocycles. The maximum atomic E-state index is 12.8. The first-order valence-electron chi connectivity index (χ1n) is 9.16. The quantitative estimate of drug-likeness (QED) is 0.855. The molecule has 2 atom stereocenters. The Balaban J connectivity index is 0.000000481. The molecule has 0 radical (unpaired) electrons. The molecule has 1 aromatic carbocycles. The van der Waals surface area contributed by atoms with E-state index >= 15 is 0 Å². The summed E-state index contributed by atoms with van der Waals surface area (Å²) in [5.41, 5.74) is 1.14. The monoisotopic (exact) mass is 371 g/mol. The van der Waals surface area contributed by atoms with Gasteiger partial charge in [0.2, 0.25) is 5.91 Å². The van der Waals surface area contributed by atoms with Gasteiger partial charge in [-0.2, -0.15) is 0 Å². The van der Waals surface area contributed by atoms with Crippen molar-refractivity contribution in [2.45, 2.75) is 51.9 Å². The summed E-state index contributed by atoms with van der Waals surface area (Å²) >= 11 is 0. The number of hydrogen-bond donors (Lipinski definition) is 2. The number of aliphatic carboxylic acids is 1. The van der Waals surface area contributed by atoms with Crippen LogP contribution in [0.5, 0.6) is 0 Å². The Bertz CT molecular complexity index is 795. The fourth-order valence-electron chi connectivity index (χ4n) is 3.57. The van der Waals surface area contributed by atoms with Crippen LogP contribution in [0.2, 0.25) is 0 Å². The molecule has 2 aliphatic rings. The van der Waals surface area contributed by atoms with Gasteiger partial charge >= 0.3 is 0 Å². The van der Waals surface area contributed by atoms with E-state index in [0.717, 1.165) is 43.5 Å². The second kappa shape index (κ2) is 8.30. The lowest BCUT2D eigenvalue weighted by molar-refractivity contribution is -0.138. The molecular formula is C19H25N5O3. The highest BCUT2D eigenvalue weighted by molar-refractivity contribution is 5.81. The summed E-state index contributed by atoms with van der Waals surface area (Å²) in [5, 5.41) is 19.6. The van der Waals surface area contributed by atoms with Crippen LogP contribution >= 0.6 is 0 Å². The zero-order valence-electron chi connectivity index (χ0n) is 15.6. The van der Waals surface area contributed by atoms with Gasteiger partial charge in [0.1, 0.15) is 6.04 Å². The van der Waals surface area contributed by atoms with Crippen LogP contribution in [0.1, 0.15) is 56.0 Å². The van der Waals surface area contributed by atoms with Gasteiger partial charge < -0.3 is 15.3 Å². The maximum Gasteiger partial charge on any atom is 0.300 e. The molecular weight excluding hydrogens is 346 g/mol. The molecule has 8 nitrogen and oxygen atoms in total. The smallest absolute Gasteiger partial charge is 0.300 e. The fourth-order valence-corrected chi connectivity index (χ4v) is 3.57. The van der Waals surface area contributed by atoms with Crippen LogP contribution in [0.4, 0.5) is 0 Å². The molecule has 1 aromatic heterocycles. The van der Waals surface area contributed by atoms with E-state index < -0.39 is 5.97 Å². The normalized spacial score (nSPS) is 21.4. The van der Waals surface area contributed by atoms with Crippen molar-refractivity contribution in [2.24, 2.45) is 0 Å². The van der Waals surface area contributed by atoms with Crippen LogP contribution in [-0.4, -0.2) is 43.2 Å². The fraction of sp³-hybridized carbons (Fsp3) is 0.474. The van der Waals surface area contributed by atoms with Gasteiger partial charge in [0.25, 0.3) is 5.97 Å². The summed E-state index contributed by atoms with van der Waals surface area (Å²) in [6, 6.07) is 10.1.